The quantitative estimate of drug-likeness (QED) is 0.710. The average molecular weight is 184 g/mol. The van der Waals surface area contributed by atoms with Crippen molar-refractivity contribution in [2.75, 3.05) is 0 Å². The maximum absolute atomic E-state index is 9.50. The van der Waals surface area contributed by atoms with Gasteiger partial charge in [-0.05, 0) is 24.7 Å². The summed E-state index contributed by atoms with van der Waals surface area (Å²) in [4.78, 5) is 0. The highest BCUT2D eigenvalue weighted by Gasteiger charge is 2.19. The smallest absolute Gasteiger partial charge is 0.0542 e. The number of aliphatic hydroxyl groups is 1. The lowest BCUT2D eigenvalue weighted by molar-refractivity contribution is 0.0960. The minimum Gasteiger partial charge on any atom is -0.393 e. The maximum atomic E-state index is 9.50. The minimum atomic E-state index is 0.00989. The summed E-state index contributed by atoms with van der Waals surface area (Å²) >= 11 is 0. The summed E-state index contributed by atoms with van der Waals surface area (Å²) in [7, 11) is 0. The number of hydrogen-bond acceptors (Lipinski definition) is 1. The van der Waals surface area contributed by atoms with Gasteiger partial charge < -0.3 is 5.11 Å². The maximum Gasteiger partial charge on any atom is 0.0542 e. The predicted octanol–water partition coefficient (Wildman–Crippen LogP) is 3.36. The normalized spacial score (nSPS) is 31.6. The van der Waals surface area contributed by atoms with Crippen LogP contribution in [0.2, 0.25) is 0 Å². The van der Waals surface area contributed by atoms with Crippen LogP contribution in [0.3, 0.4) is 0 Å². The Bertz CT molecular complexity index is 133. The molecule has 1 saturated carbocycles. The van der Waals surface area contributed by atoms with E-state index in [-0.39, 0.29) is 6.10 Å². The lowest BCUT2D eigenvalue weighted by Crippen LogP contribution is -2.19. The molecule has 0 aliphatic heterocycles. The van der Waals surface area contributed by atoms with Gasteiger partial charge in [0.15, 0.2) is 0 Å². The van der Waals surface area contributed by atoms with Crippen LogP contribution in [0.4, 0.5) is 0 Å². The van der Waals surface area contributed by atoms with Crippen LogP contribution in [0.1, 0.15) is 58.8 Å². The molecular formula is C12H24O. The fraction of sp³-hybridized carbons (Fsp3) is 1.00. The highest BCUT2D eigenvalue weighted by Crippen LogP contribution is 2.29. The molecule has 1 N–H and O–H groups in total. The van der Waals surface area contributed by atoms with E-state index >= 15 is 0 Å². The highest BCUT2D eigenvalue weighted by atomic mass is 16.3. The second kappa shape index (κ2) is 5.64. The van der Waals surface area contributed by atoms with Gasteiger partial charge in [0.25, 0.3) is 0 Å². The first-order valence-electron chi connectivity index (χ1n) is 5.90. The van der Waals surface area contributed by atoms with Crippen LogP contribution in [-0.2, 0) is 0 Å². The molecule has 1 nitrogen and oxygen atoms in total. The summed E-state index contributed by atoms with van der Waals surface area (Å²) in [5, 5.41) is 9.50. The molecule has 13 heavy (non-hydrogen) atoms. The Hall–Kier alpha value is -0.0400. The molecule has 0 spiro atoms. The highest BCUT2D eigenvalue weighted by molar-refractivity contribution is 4.72. The Morgan fingerprint density at radius 3 is 2.77 bits per heavy atom. The van der Waals surface area contributed by atoms with Crippen LogP contribution in [0.5, 0.6) is 0 Å². The van der Waals surface area contributed by atoms with Gasteiger partial charge in [0.1, 0.15) is 0 Å². The lowest BCUT2D eigenvalue weighted by atomic mass is 9.83. The van der Waals surface area contributed by atoms with Gasteiger partial charge in [-0.1, -0.05) is 46.0 Å². The topological polar surface area (TPSA) is 20.2 Å². The van der Waals surface area contributed by atoms with Gasteiger partial charge >= 0.3 is 0 Å². The molecule has 1 heteroatoms. The third-order valence-electron chi connectivity index (χ3n) is 3.52. The Morgan fingerprint density at radius 2 is 2.15 bits per heavy atom. The Balaban J connectivity index is 2.13. The number of aliphatic hydroxyl groups excluding tert-OH is 1. The molecule has 3 unspecified atom stereocenters. The second-order valence-corrected chi connectivity index (χ2v) is 4.78. The molecular weight excluding hydrogens is 160 g/mol. The van der Waals surface area contributed by atoms with Crippen LogP contribution in [0.15, 0.2) is 0 Å². The molecule has 0 bridgehead atoms. The van der Waals surface area contributed by atoms with Gasteiger partial charge in [-0.15, -0.1) is 0 Å². The van der Waals surface area contributed by atoms with E-state index < -0.39 is 0 Å². The molecule has 0 aromatic heterocycles. The van der Waals surface area contributed by atoms with E-state index in [9.17, 15) is 5.11 Å². The second-order valence-electron chi connectivity index (χ2n) is 4.78. The third-order valence-corrected chi connectivity index (χ3v) is 3.52. The molecule has 0 aromatic carbocycles. The van der Waals surface area contributed by atoms with Crippen LogP contribution >= 0.6 is 0 Å². The van der Waals surface area contributed by atoms with E-state index in [1.54, 1.807) is 0 Å². The molecule has 3 atom stereocenters. The number of hydrogen-bond donors (Lipinski definition) is 1. The van der Waals surface area contributed by atoms with Crippen LogP contribution in [0.25, 0.3) is 0 Å². The lowest BCUT2D eigenvalue weighted by Gasteiger charge is -2.26. The first kappa shape index (κ1) is 11.0. The summed E-state index contributed by atoms with van der Waals surface area (Å²) in [6, 6.07) is 0. The zero-order valence-electron chi connectivity index (χ0n) is 9.13. The van der Waals surface area contributed by atoms with Crippen LogP contribution < -0.4 is 0 Å². The van der Waals surface area contributed by atoms with Crippen molar-refractivity contribution in [3.05, 3.63) is 0 Å². The minimum absolute atomic E-state index is 0.00989. The summed E-state index contributed by atoms with van der Waals surface area (Å²) in [5.74, 6) is 1.69. The van der Waals surface area contributed by atoms with Crippen molar-refractivity contribution in [1.82, 2.24) is 0 Å². The van der Waals surface area contributed by atoms with Gasteiger partial charge in [0, 0.05) is 0 Å². The standard InChI is InChI=1S/C12H24O/c1-3-10(2)7-8-11-5-4-6-12(13)9-11/h10-13H,3-9H2,1-2H3. The van der Waals surface area contributed by atoms with Crippen molar-refractivity contribution >= 4 is 0 Å². The molecule has 78 valence electrons. The zero-order valence-corrected chi connectivity index (χ0v) is 9.13. The monoisotopic (exact) mass is 184 g/mol. The molecule has 0 amide bonds. The first-order valence-corrected chi connectivity index (χ1v) is 5.90. The van der Waals surface area contributed by atoms with Crippen molar-refractivity contribution in [3.8, 4) is 0 Å². The van der Waals surface area contributed by atoms with Crippen molar-refractivity contribution in [1.29, 1.82) is 0 Å². The zero-order chi connectivity index (χ0) is 9.68. The van der Waals surface area contributed by atoms with Crippen molar-refractivity contribution in [2.24, 2.45) is 11.8 Å². The van der Waals surface area contributed by atoms with Gasteiger partial charge in [0.05, 0.1) is 6.10 Å². The molecule has 0 saturated heterocycles. The summed E-state index contributed by atoms with van der Waals surface area (Å²) in [6.07, 6.45) is 8.71. The van der Waals surface area contributed by atoms with Crippen LogP contribution in [-0.4, -0.2) is 11.2 Å². The molecule has 0 heterocycles. The summed E-state index contributed by atoms with van der Waals surface area (Å²) in [5.41, 5.74) is 0. The van der Waals surface area contributed by atoms with Crippen molar-refractivity contribution in [2.45, 2.75) is 64.9 Å². The van der Waals surface area contributed by atoms with Crippen LogP contribution in [0, 0.1) is 11.8 Å². The largest absolute Gasteiger partial charge is 0.393 e. The Labute approximate surface area is 82.5 Å². The fourth-order valence-electron chi connectivity index (χ4n) is 2.25. The third kappa shape index (κ3) is 4.12. The number of rotatable bonds is 4. The summed E-state index contributed by atoms with van der Waals surface area (Å²) in [6.45, 7) is 4.60. The van der Waals surface area contributed by atoms with E-state index in [0.29, 0.717) is 0 Å². The van der Waals surface area contributed by atoms with Gasteiger partial charge in [-0.3, -0.25) is 0 Å². The molecule has 0 aromatic rings. The van der Waals surface area contributed by atoms with Gasteiger partial charge in [-0.2, -0.15) is 0 Å². The van der Waals surface area contributed by atoms with Gasteiger partial charge in [0.2, 0.25) is 0 Å². The fourth-order valence-corrected chi connectivity index (χ4v) is 2.25. The van der Waals surface area contributed by atoms with Gasteiger partial charge in [-0.25, -0.2) is 0 Å². The molecule has 1 rings (SSSR count). The summed E-state index contributed by atoms with van der Waals surface area (Å²) < 4.78 is 0. The van der Waals surface area contributed by atoms with Crippen molar-refractivity contribution < 1.29 is 5.11 Å². The van der Waals surface area contributed by atoms with E-state index in [1.807, 2.05) is 0 Å². The Kier molecular flexibility index (Phi) is 4.79. The average Bonchev–Trinajstić information content (AvgIpc) is 2.14. The van der Waals surface area contributed by atoms with E-state index in [4.69, 9.17) is 0 Å². The van der Waals surface area contributed by atoms with E-state index in [0.717, 1.165) is 24.7 Å². The van der Waals surface area contributed by atoms with Crippen molar-refractivity contribution in [3.63, 3.8) is 0 Å². The molecule has 1 fully saturated rings. The van der Waals surface area contributed by atoms with E-state index in [2.05, 4.69) is 13.8 Å². The SMILES string of the molecule is CCC(C)CCC1CCCC(O)C1. The predicted molar refractivity (Wildman–Crippen MR) is 56.7 cm³/mol. The molecule has 0 radical (unpaired) electrons. The van der Waals surface area contributed by atoms with E-state index in [1.165, 1.54) is 32.1 Å². The molecule has 1 aliphatic rings. The first-order chi connectivity index (χ1) is 6.22. The Morgan fingerprint density at radius 1 is 1.38 bits per heavy atom. The molecule has 1 aliphatic carbocycles.